The van der Waals surface area contributed by atoms with E-state index < -0.39 is 0 Å². The van der Waals surface area contributed by atoms with E-state index in [0.717, 1.165) is 12.0 Å². The fourth-order valence-electron chi connectivity index (χ4n) is 2.31. The first-order valence-electron chi connectivity index (χ1n) is 6.97. The molecule has 1 aromatic carbocycles. The van der Waals surface area contributed by atoms with Crippen LogP contribution in [0.5, 0.6) is 0 Å². The Bertz CT molecular complexity index is 578. The molecule has 0 radical (unpaired) electrons. The first-order valence-corrected chi connectivity index (χ1v) is 7.72. The minimum Gasteiger partial charge on any atom is -0.339 e. The lowest BCUT2D eigenvalue weighted by atomic mass is 9.94. The van der Waals surface area contributed by atoms with Gasteiger partial charge in [0.15, 0.2) is 0 Å². The molecular weight excluding hydrogens is 309 g/mol. The average Bonchev–Trinajstić information content (AvgIpc) is 2.84. The van der Waals surface area contributed by atoms with E-state index in [9.17, 15) is 0 Å². The molecule has 0 spiro atoms. The van der Waals surface area contributed by atoms with Crippen molar-refractivity contribution in [1.29, 1.82) is 0 Å². The molecule has 0 unspecified atom stereocenters. The van der Waals surface area contributed by atoms with E-state index in [2.05, 4.69) is 24.0 Å². The second kappa shape index (κ2) is 7.25. The van der Waals surface area contributed by atoms with Crippen LogP contribution in [0.25, 0.3) is 11.4 Å². The molecule has 0 saturated carbocycles. The maximum absolute atomic E-state index is 5.98. The Morgan fingerprint density at radius 1 is 1.19 bits per heavy atom. The molecule has 2 aromatic rings. The molecule has 1 atom stereocenters. The van der Waals surface area contributed by atoms with E-state index in [1.165, 1.54) is 0 Å². The van der Waals surface area contributed by atoms with Gasteiger partial charge in [0.1, 0.15) is 0 Å². The molecule has 1 aromatic heterocycles. The minimum absolute atomic E-state index is 0.348. The highest BCUT2D eigenvalue weighted by atomic mass is 35.5. The largest absolute Gasteiger partial charge is 0.339 e. The van der Waals surface area contributed by atoms with Crippen LogP contribution in [0.4, 0.5) is 0 Å². The fraction of sp³-hybridized carbons (Fsp3) is 0.467. The van der Waals surface area contributed by atoms with Crippen molar-refractivity contribution in [3.8, 4) is 11.4 Å². The minimum atomic E-state index is 0.348. The van der Waals surface area contributed by atoms with Crippen LogP contribution in [0.3, 0.4) is 0 Å². The number of nitrogens with two attached hydrogens (primary N) is 1. The molecule has 114 valence electrons. The molecule has 2 N–H and O–H groups in total. The standard InChI is InChI=1S/C15H19Cl2N3O/c1-9(2)3-10(8-18)4-14-19-15(20-21-14)11-5-12(16)7-13(17)6-11/h5-7,9-10H,3-4,8,18H2,1-2H3/t10-/m0/s1. The summed E-state index contributed by atoms with van der Waals surface area (Å²) in [4.78, 5) is 4.41. The summed E-state index contributed by atoms with van der Waals surface area (Å²) in [6, 6.07) is 5.19. The lowest BCUT2D eigenvalue weighted by Crippen LogP contribution is -2.19. The smallest absolute Gasteiger partial charge is 0.227 e. The van der Waals surface area contributed by atoms with Gasteiger partial charge in [-0.1, -0.05) is 42.2 Å². The quantitative estimate of drug-likeness (QED) is 0.863. The highest BCUT2D eigenvalue weighted by Gasteiger charge is 2.16. The van der Waals surface area contributed by atoms with Crippen LogP contribution in [0.15, 0.2) is 22.7 Å². The van der Waals surface area contributed by atoms with Crippen LogP contribution >= 0.6 is 23.2 Å². The number of hydrogen-bond acceptors (Lipinski definition) is 4. The number of benzene rings is 1. The molecule has 1 heterocycles. The molecule has 0 amide bonds. The Labute approximate surface area is 134 Å². The Hall–Kier alpha value is -1.10. The Kier molecular flexibility index (Phi) is 5.62. The van der Waals surface area contributed by atoms with Crippen LogP contribution in [0.2, 0.25) is 10.0 Å². The molecule has 2 rings (SSSR count). The summed E-state index contributed by atoms with van der Waals surface area (Å²) in [5, 5.41) is 5.08. The zero-order valence-electron chi connectivity index (χ0n) is 12.1. The Balaban J connectivity index is 2.13. The van der Waals surface area contributed by atoms with Crippen molar-refractivity contribution < 1.29 is 4.52 Å². The summed E-state index contributed by atoms with van der Waals surface area (Å²) in [5.41, 5.74) is 6.55. The lowest BCUT2D eigenvalue weighted by molar-refractivity contribution is 0.332. The summed E-state index contributed by atoms with van der Waals surface area (Å²) in [6.07, 6.45) is 1.73. The highest BCUT2D eigenvalue weighted by molar-refractivity contribution is 6.35. The maximum atomic E-state index is 5.98. The number of halogens is 2. The van der Waals surface area contributed by atoms with Crippen LogP contribution < -0.4 is 5.73 Å². The Morgan fingerprint density at radius 3 is 2.43 bits per heavy atom. The first kappa shape index (κ1) is 16.3. The Morgan fingerprint density at radius 2 is 1.86 bits per heavy atom. The van der Waals surface area contributed by atoms with E-state index >= 15 is 0 Å². The predicted molar refractivity (Wildman–Crippen MR) is 85.5 cm³/mol. The van der Waals surface area contributed by atoms with Gasteiger partial charge in [-0.05, 0) is 43.0 Å². The zero-order valence-corrected chi connectivity index (χ0v) is 13.7. The summed E-state index contributed by atoms with van der Waals surface area (Å²) in [7, 11) is 0. The van der Waals surface area contributed by atoms with E-state index in [-0.39, 0.29) is 0 Å². The second-order valence-corrected chi connectivity index (χ2v) is 6.48. The van der Waals surface area contributed by atoms with Crippen molar-refractivity contribution in [1.82, 2.24) is 10.1 Å². The van der Waals surface area contributed by atoms with Crippen molar-refractivity contribution in [2.45, 2.75) is 26.7 Å². The molecule has 0 fully saturated rings. The summed E-state index contributed by atoms with van der Waals surface area (Å²) in [5.74, 6) is 2.03. The van der Waals surface area contributed by atoms with Gasteiger partial charge in [-0.2, -0.15) is 4.98 Å². The van der Waals surface area contributed by atoms with Crippen LogP contribution in [0.1, 0.15) is 26.2 Å². The van der Waals surface area contributed by atoms with Gasteiger partial charge in [-0.15, -0.1) is 0 Å². The summed E-state index contributed by atoms with van der Waals surface area (Å²) in [6.45, 7) is 4.96. The first-order chi connectivity index (χ1) is 9.97. The van der Waals surface area contributed by atoms with Gasteiger partial charge in [-0.3, -0.25) is 0 Å². The van der Waals surface area contributed by atoms with E-state index in [1.54, 1.807) is 18.2 Å². The second-order valence-electron chi connectivity index (χ2n) is 5.61. The summed E-state index contributed by atoms with van der Waals surface area (Å²) >= 11 is 12.0. The fourth-order valence-corrected chi connectivity index (χ4v) is 2.84. The number of nitrogens with zero attached hydrogens (tertiary/aromatic N) is 2. The van der Waals surface area contributed by atoms with Crippen LogP contribution in [0, 0.1) is 11.8 Å². The van der Waals surface area contributed by atoms with Crippen molar-refractivity contribution in [3.05, 3.63) is 34.1 Å². The van der Waals surface area contributed by atoms with E-state index in [0.29, 0.717) is 46.6 Å². The van der Waals surface area contributed by atoms with Gasteiger partial charge in [0.25, 0.3) is 0 Å². The van der Waals surface area contributed by atoms with E-state index in [1.807, 2.05) is 0 Å². The van der Waals surface area contributed by atoms with Crippen molar-refractivity contribution >= 4 is 23.2 Å². The van der Waals surface area contributed by atoms with E-state index in [4.69, 9.17) is 33.5 Å². The zero-order chi connectivity index (χ0) is 15.4. The highest BCUT2D eigenvalue weighted by Crippen LogP contribution is 2.26. The molecular formula is C15H19Cl2N3O. The number of hydrogen-bond donors (Lipinski definition) is 1. The topological polar surface area (TPSA) is 64.9 Å². The van der Waals surface area contributed by atoms with Gasteiger partial charge in [-0.25, -0.2) is 0 Å². The molecule has 0 saturated heterocycles. The molecule has 4 nitrogen and oxygen atoms in total. The molecule has 6 heteroatoms. The van der Waals surface area contributed by atoms with Gasteiger partial charge >= 0.3 is 0 Å². The number of rotatable bonds is 6. The predicted octanol–water partition coefficient (Wildman–Crippen LogP) is 4.21. The molecule has 0 aliphatic heterocycles. The van der Waals surface area contributed by atoms with Gasteiger partial charge in [0.05, 0.1) is 0 Å². The lowest BCUT2D eigenvalue weighted by Gasteiger charge is -2.14. The van der Waals surface area contributed by atoms with Crippen molar-refractivity contribution in [3.63, 3.8) is 0 Å². The molecule has 0 bridgehead atoms. The summed E-state index contributed by atoms with van der Waals surface area (Å²) < 4.78 is 5.31. The molecule has 21 heavy (non-hydrogen) atoms. The van der Waals surface area contributed by atoms with Gasteiger partial charge in [0, 0.05) is 22.0 Å². The third kappa shape index (κ3) is 4.70. The third-order valence-electron chi connectivity index (χ3n) is 3.19. The maximum Gasteiger partial charge on any atom is 0.227 e. The average molecular weight is 328 g/mol. The SMILES string of the molecule is CC(C)C[C@H](CN)Cc1nc(-c2cc(Cl)cc(Cl)c2)no1. The monoisotopic (exact) mass is 327 g/mol. The third-order valence-corrected chi connectivity index (χ3v) is 3.63. The number of aromatic nitrogens is 2. The molecule has 0 aliphatic carbocycles. The van der Waals surface area contributed by atoms with Crippen LogP contribution in [-0.2, 0) is 6.42 Å². The normalized spacial score (nSPS) is 12.9. The van der Waals surface area contributed by atoms with Crippen LogP contribution in [-0.4, -0.2) is 16.7 Å². The van der Waals surface area contributed by atoms with Crippen molar-refractivity contribution in [2.24, 2.45) is 17.6 Å². The molecule has 0 aliphatic rings. The van der Waals surface area contributed by atoms with Crippen molar-refractivity contribution in [2.75, 3.05) is 6.54 Å². The van der Waals surface area contributed by atoms with Gasteiger partial charge < -0.3 is 10.3 Å². The van der Waals surface area contributed by atoms with Gasteiger partial charge in [0.2, 0.25) is 11.7 Å².